The van der Waals surface area contributed by atoms with Crippen LogP contribution in [0.5, 0.6) is 0 Å². The highest BCUT2D eigenvalue weighted by Gasteiger charge is 2.25. The number of pyridine rings is 1. The minimum Gasteiger partial charge on any atom is -0.377 e. The van der Waals surface area contributed by atoms with Crippen LogP contribution in [0, 0.1) is 0 Å². The van der Waals surface area contributed by atoms with Crippen LogP contribution in [-0.4, -0.2) is 23.7 Å². The number of hydrogen-bond donors (Lipinski definition) is 1. The molecule has 1 saturated heterocycles. The smallest absolute Gasteiger partial charge is 0.0700 e. The van der Waals surface area contributed by atoms with Gasteiger partial charge in [0.15, 0.2) is 0 Å². The first-order valence-electron chi connectivity index (χ1n) is 5.55. The molecule has 3 atom stereocenters. The number of hydrogen-bond acceptors (Lipinski definition) is 3. The topological polar surface area (TPSA) is 34.1 Å². The first-order valence-corrected chi connectivity index (χ1v) is 5.55. The predicted octanol–water partition coefficient (Wildman–Crippen LogP) is 1.91. The van der Waals surface area contributed by atoms with Crippen LogP contribution in [0.2, 0.25) is 0 Å². The van der Waals surface area contributed by atoms with Crippen LogP contribution in [0.3, 0.4) is 0 Å². The number of rotatable bonds is 3. The largest absolute Gasteiger partial charge is 0.377 e. The molecule has 15 heavy (non-hydrogen) atoms. The van der Waals surface area contributed by atoms with E-state index < -0.39 is 0 Å². The second-order valence-corrected chi connectivity index (χ2v) is 4.15. The fourth-order valence-electron chi connectivity index (χ4n) is 2.00. The molecule has 0 aromatic carbocycles. The summed E-state index contributed by atoms with van der Waals surface area (Å²) in [6, 6.07) is 4.89. The molecule has 1 aromatic heterocycles. The molecule has 0 radical (unpaired) electrons. The van der Waals surface area contributed by atoms with Crippen LogP contribution in [0.1, 0.15) is 31.9 Å². The SMILES string of the molecule is CC(NC1CCOC1C)c1cccnc1. The summed E-state index contributed by atoms with van der Waals surface area (Å²) in [5.74, 6) is 0. The zero-order chi connectivity index (χ0) is 10.7. The summed E-state index contributed by atoms with van der Waals surface area (Å²) in [6.07, 6.45) is 5.14. The fourth-order valence-corrected chi connectivity index (χ4v) is 2.00. The molecule has 0 amide bonds. The molecule has 0 spiro atoms. The van der Waals surface area contributed by atoms with Gasteiger partial charge in [-0.2, -0.15) is 0 Å². The lowest BCUT2D eigenvalue weighted by atomic mass is 10.1. The van der Waals surface area contributed by atoms with Gasteiger partial charge in [0.2, 0.25) is 0 Å². The molecular formula is C12H18N2O. The number of aromatic nitrogens is 1. The lowest BCUT2D eigenvalue weighted by molar-refractivity contribution is 0.111. The summed E-state index contributed by atoms with van der Waals surface area (Å²) < 4.78 is 5.52. The first kappa shape index (κ1) is 10.6. The maximum absolute atomic E-state index is 5.52. The van der Waals surface area contributed by atoms with Gasteiger partial charge in [-0.15, -0.1) is 0 Å². The van der Waals surface area contributed by atoms with Crippen LogP contribution in [0.15, 0.2) is 24.5 Å². The van der Waals surface area contributed by atoms with Gasteiger partial charge in [-0.05, 0) is 31.9 Å². The summed E-state index contributed by atoms with van der Waals surface area (Å²) in [6.45, 7) is 5.17. The normalized spacial score (nSPS) is 27.9. The fraction of sp³-hybridized carbons (Fsp3) is 0.583. The van der Waals surface area contributed by atoms with Gasteiger partial charge in [0.05, 0.1) is 6.10 Å². The van der Waals surface area contributed by atoms with Crippen molar-refractivity contribution >= 4 is 0 Å². The Morgan fingerprint density at radius 3 is 3.07 bits per heavy atom. The molecule has 3 nitrogen and oxygen atoms in total. The number of ether oxygens (including phenoxy) is 1. The summed E-state index contributed by atoms with van der Waals surface area (Å²) in [4.78, 5) is 4.13. The Hall–Kier alpha value is -0.930. The van der Waals surface area contributed by atoms with Gasteiger partial charge in [-0.3, -0.25) is 4.98 Å². The van der Waals surface area contributed by atoms with Gasteiger partial charge in [0.1, 0.15) is 0 Å². The predicted molar refractivity (Wildman–Crippen MR) is 59.6 cm³/mol. The van der Waals surface area contributed by atoms with Gasteiger partial charge in [-0.25, -0.2) is 0 Å². The highest BCUT2D eigenvalue weighted by atomic mass is 16.5. The zero-order valence-corrected chi connectivity index (χ0v) is 9.31. The second-order valence-electron chi connectivity index (χ2n) is 4.15. The van der Waals surface area contributed by atoms with E-state index in [2.05, 4.69) is 30.2 Å². The van der Waals surface area contributed by atoms with Crippen molar-refractivity contribution in [2.24, 2.45) is 0 Å². The Bertz CT molecular complexity index is 302. The zero-order valence-electron chi connectivity index (χ0n) is 9.31. The molecule has 0 bridgehead atoms. The monoisotopic (exact) mass is 206 g/mol. The lowest BCUT2D eigenvalue weighted by Crippen LogP contribution is -2.36. The third-order valence-electron chi connectivity index (χ3n) is 3.02. The molecule has 1 aromatic rings. The van der Waals surface area contributed by atoms with E-state index in [0.717, 1.165) is 13.0 Å². The molecule has 0 saturated carbocycles. The molecule has 1 fully saturated rings. The third kappa shape index (κ3) is 2.55. The minimum atomic E-state index is 0.323. The Kier molecular flexibility index (Phi) is 3.34. The van der Waals surface area contributed by atoms with Crippen molar-refractivity contribution in [3.8, 4) is 0 Å². The quantitative estimate of drug-likeness (QED) is 0.820. The Labute approximate surface area is 90.9 Å². The summed E-state index contributed by atoms with van der Waals surface area (Å²) in [7, 11) is 0. The third-order valence-corrected chi connectivity index (χ3v) is 3.02. The van der Waals surface area contributed by atoms with Gasteiger partial charge >= 0.3 is 0 Å². The van der Waals surface area contributed by atoms with E-state index in [1.165, 1.54) is 5.56 Å². The molecule has 2 rings (SSSR count). The van der Waals surface area contributed by atoms with Crippen LogP contribution in [0.25, 0.3) is 0 Å². The van der Waals surface area contributed by atoms with E-state index in [4.69, 9.17) is 4.74 Å². The van der Waals surface area contributed by atoms with Crippen LogP contribution in [0.4, 0.5) is 0 Å². The van der Waals surface area contributed by atoms with E-state index in [1.807, 2.05) is 12.3 Å². The Balaban J connectivity index is 1.95. The van der Waals surface area contributed by atoms with Crippen molar-refractivity contribution < 1.29 is 4.74 Å². The second kappa shape index (κ2) is 4.73. The molecule has 1 aliphatic rings. The average molecular weight is 206 g/mol. The summed E-state index contributed by atoms with van der Waals surface area (Å²) >= 11 is 0. The van der Waals surface area contributed by atoms with Gasteiger partial charge in [-0.1, -0.05) is 6.07 Å². The van der Waals surface area contributed by atoms with Crippen LogP contribution in [-0.2, 0) is 4.74 Å². The molecular weight excluding hydrogens is 188 g/mol. The van der Waals surface area contributed by atoms with Crippen LogP contribution < -0.4 is 5.32 Å². The van der Waals surface area contributed by atoms with Crippen molar-refractivity contribution in [2.45, 2.75) is 38.5 Å². The number of nitrogens with zero attached hydrogens (tertiary/aromatic N) is 1. The molecule has 3 unspecified atom stereocenters. The lowest BCUT2D eigenvalue weighted by Gasteiger charge is -2.21. The van der Waals surface area contributed by atoms with Crippen molar-refractivity contribution in [2.75, 3.05) is 6.61 Å². The first-order chi connectivity index (χ1) is 7.27. The minimum absolute atomic E-state index is 0.323. The van der Waals surface area contributed by atoms with E-state index in [0.29, 0.717) is 18.2 Å². The molecule has 1 aliphatic heterocycles. The van der Waals surface area contributed by atoms with E-state index in [-0.39, 0.29) is 0 Å². The van der Waals surface area contributed by atoms with E-state index in [9.17, 15) is 0 Å². The van der Waals surface area contributed by atoms with Crippen molar-refractivity contribution in [1.82, 2.24) is 10.3 Å². The van der Waals surface area contributed by atoms with Crippen molar-refractivity contribution in [3.63, 3.8) is 0 Å². The van der Waals surface area contributed by atoms with Gasteiger partial charge in [0, 0.05) is 31.1 Å². The maximum atomic E-state index is 5.52. The van der Waals surface area contributed by atoms with Crippen molar-refractivity contribution in [1.29, 1.82) is 0 Å². The maximum Gasteiger partial charge on any atom is 0.0700 e. The van der Waals surface area contributed by atoms with Crippen LogP contribution >= 0.6 is 0 Å². The van der Waals surface area contributed by atoms with Gasteiger partial charge in [0.25, 0.3) is 0 Å². The molecule has 3 heteroatoms. The highest BCUT2D eigenvalue weighted by molar-refractivity contribution is 5.13. The van der Waals surface area contributed by atoms with Gasteiger partial charge < -0.3 is 10.1 Å². The summed E-state index contributed by atoms with van der Waals surface area (Å²) in [5, 5.41) is 3.58. The summed E-state index contributed by atoms with van der Waals surface area (Å²) in [5.41, 5.74) is 1.23. The molecule has 0 aliphatic carbocycles. The Morgan fingerprint density at radius 2 is 2.47 bits per heavy atom. The molecule has 1 N–H and O–H groups in total. The van der Waals surface area contributed by atoms with Crippen molar-refractivity contribution in [3.05, 3.63) is 30.1 Å². The highest BCUT2D eigenvalue weighted by Crippen LogP contribution is 2.18. The van der Waals surface area contributed by atoms with E-state index >= 15 is 0 Å². The van der Waals surface area contributed by atoms with E-state index in [1.54, 1.807) is 6.20 Å². The average Bonchev–Trinajstić information content (AvgIpc) is 2.66. The molecule has 2 heterocycles. The standard InChI is InChI=1S/C12H18N2O/c1-9(11-4-3-6-13-8-11)14-12-5-7-15-10(12)2/h3-4,6,8-10,12,14H,5,7H2,1-2H3. The molecule has 82 valence electrons. The Morgan fingerprint density at radius 1 is 1.60 bits per heavy atom. The number of nitrogens with one attached hydrogen (secondary N) is 1.